The minimum Gasteiger partial charge on any atom is -0.370 e. The highest BCUT2D eigenvalue weighted by Gasteiger charge is 2.03. The Balaban J connectivity index is 2.43. The average Bonchev–Trinajstić information content (AvgIpc) is 2.13. The van der Waals surface area contributed by atoms with Crippen LogP contribution in [0.4, 0.5) is 5.82 Å². The molecule has 0 atom stereocenters. The largest absolute Gasteiger partial charge is 0.370 e. The highest BCUT2D eigenvalue weighted by atomic mass is 79.9. The van der Waals surface area contributed by atoms with Crippen molar-refractivity contribution < 1.29 is 8.42 Å². The minimum absolute atomic E-state index is 0.204. The van der Waals surface area contributed by atoms with Gasteiger partial charge in [0, 0.05) is 23.5 Å². The van der Waals surface area contributed by atoms with Gasteiger partial charge in [-0.3, -0.25) is 0 Å². The molecule has 0 aliphatic carbocycles. The van der Waals surface area contributed by atoms with E-state index in [0.29, 0.717) is 13.0 Å². The first-order chi connectivity index (χ1) is 7.38. The van der Waals surface area contributed by atoms with E-state index in [-0.39, 0.29) is 5.75 Å². The van der Waals surface area contributed by atoms with Crippen LogP contribution in [0.15, 0.2) is 16.7 Å². The van der Waals surface area contributed by atoms with Crippen LogP contribution in [-0.4, -0.2) is 32.0 Å². The van der Waals surface area contributed by atoms with Crippen molar-refractivity contribution >= 4 is 31.6 Å². The second-order valence-electron chi connectivity index (χ2n) is 3.73. The van der Waals surface area contributed by atoms with Gasteiger partial charge >= 0.3 is 0 Å². The fraction of sp³-hybridized carbons (Fsp3) is 0.500. The number of sulfone groups is 1. The van der Waals surface area contributed by atoms with Gasteiger partial charge in [0.15, 0.2) is 0 Å². The fourth-order valence-corrected chi connectivity index (χ4v) is 2.38. The van der Waals surface area contributed by atoms with Gasteiger partial charge in [-0.25, -0.2) is 13.4 Å². The van der Waals surface area contributed by atoms with Crippen LogP contribution in [0.1, 0.15) is 12.0 Å². The van der Waals surface area contributed by atoms with E-state index in [4.69, 9.17) is 0 Å². The Morgan fingerprint density at radius 1 is 1.50 bits per heavy atom. The monoisotopic (exact) mass is 306 g/mol. The van der Waals surface area contributed by atoms with Crippen LogP contribution >= 0.6 is 15.9 Å². The van der Waals surface area contributed by atoms with E-state index in [2.05, 4.69) is 26.2 Å². The zero-order valence-corrected chi connectivity index (χ0v) is 11.7. The number of hydrogen-bond donors (Lipinski definition) is 1. The molecular weight excluding hydrogens is 292 g/mol. The molecule has 0 saturated heterocycles. The number of rotatable bonds is 5. The van der Waals surface area contributed by atoms with Gasteiger partial charge in [-0.2, -0.15) is 0 Å². The molecule has 0 spiro atoms. The molecule has 0 unspecified atom stereocenters. The SMILES string of the molecule is Cc1cc(Br)cnc1NCCCS(C)(=O)=O. The van der Waals surface area contributed by atoms with E-state index in [1.54, 1.807) is 6.20 Å². The third kappa shape index (κ3) is 4.94. The minimum atomic E-state index is -2.86. The van der Waals surface area contributed by atoms with Crippen molar-refractivity contribution in [2.75, 3.05) is 23.9 Å². The van der Waals surface area contributed by atoms with Crippen molar-refractivity contribution in [2.24, 2.45) is 0 Å². The van der Waals surface area contributed by atoms with Crippen LogP contribution in [0.25, 0.3) is 0 Å². The molecule has 1 N–H and O–H groups in total. The Bertz CT molecular complexity index is 460. The summed E-state index contributed by atoms with van der Waals surface area (Å²) in [6.07, 6.45) is 3.55. The molecule has 0 fully saturated rings. The Morgan fingerprint density at radius 2 is 2.19 bits per heavy atom. The van der Waals surface area contributed by atoms with Crippen molar-refractivity contribution in [3.05, 3.63) is 22.3 Å². The molecule has 6 heteroatoms. The van der Waals surface area contributed by atoms with Crippen molar-refractivity contribution in [1.82, 2.24) is 4.98 Å². The Kier molecular flexibility index (Phi) is 4.73. The molecule has 1 aromatic rings. The number of halogens is 1. The summed E-state index contributed by atoms with van der Waals surface area (Å²) < 4.78 is 22.7. The highest BCUT2D eigenvalue weighted by Crippen LogP contribution is 2.16. The van der Waals surface area contributed by atoms with Crippen molar-refractivity contribution in [3.8, 4) is 0 Å². The quantitative estimate of drug-likeness (QED) is 0.845. The Labute approximate surface area is 105 Å². The lowest BCUT2D eigenvalue weighted by molar-refractivity contribution is 0.600. The molecule has 4 nitrogen and oxygen atoms in total. The predicted octanol–water partition coefficient (Wildman–Crippen LogP) is 2.00. The number of nitrogens with one attached hydrogen (secondary N) is 1. The first-order valence-corrected chi connectivity index (χ1v) is 7.77. The van der Waals surface area contributed by atoms with Crippen LogP contribution in [0.3, 0.4) is 0 Å². The number of pyridine rings is 1. The molecule has 16 heavy (non-hydrogen) atoms. The average molecular weight is 307 g/mol. The highest BCUT2D eigenvalue weighted by molar-refractivity contribution is 9.10. The zero-order valence-electron chi connectivity index (χ0n) is 9.33. The van der Waals surface area contributed by atoms with E-state index < -0.39 is 9.84 Å². The summed E-state index contributed by atoms with van der Waals surface area (Å²) in [7, 11) is -2.86. The summed E-state index contributed by atoms with van der Waals surface area (Å²) in [6.45, 7) is 2.57. The Morgan fingerprint density at radius 3 is 2.75 bits per heavy atom. The van der Waals surface area contributed by atoms with E-state index in [0.717, 1.165) is 15.9 Å². The van der Waals surface area contributed by atoms with Crippen LogP contribution in [-0.2, 0) is 9.84 Å². The third-order valence-electron chi connectivity index (χ3n) is 2.03. The van der Waals surface area contributed by atoms with E-state index >= 15 is 0 Å². The molecule has 0 aliphatic rings. The van der Waals surface area contributed by atoms with Gasteiger partial charge in [0.2, 0.25) is 0 Å². The molecular formula is C10H15BrN2O2S. The first kappa shape index (κ1) is 13.4. The number of hydrogen-bond acceptors (Lipinski definition) is 4. The maximum Gasteiger partial charge on any atom is 0.147 e. The molecule has 0 aliphatic heterocycles. The smallest absolute Gasteiger partial charge is 0.147 e. The molecule has 1 heterocycles. The molecule has 1 rings (SSSR count). The third-order valence-corrected chi connectivity index (χ3v) is 3.49. The van der Waals surface area contributed by atoms with Gasteiger partial charge in [-0.15, -0.1) is 0 Å². The predicted molar refractivity (Wildman–Crippen MR) is 69.5 cm³/mol. The normalized spacial score (nSPS) is 11.4. The van der Waals surface area contributed by atoms with Crippen molar-refractivity contribution in [2.45, 2.75) is 13.3 Å². The van der Waals surface area contributed by atoms with Crippen LogP contribution in [0, 0.1) is 6.92 Å². The number of anilines is 1. The summed E-state index contributed by atoms with van der Waals surface area (Å²) in [4.78, 5) is 4.20. The van der Waals surface area contributed by atoms with Crippen LogP contribution < -0.4 is 5.32 Å². The topological polar surface area (TPSA) is 59.1 Å². The standard InChI is InChI=1S/C10H15BrN2O2S/c1-8-6-9(11)7-13-10(8)12-4-3-5-16(2,14)15/h6-7H,3-5H2,1-2H3,(H,12,13). The maximum atomic E-state index is 10.9. The summed E-state index contributed by atoms with van der Waals surface area (Å²) in [6, 6.07) is 1.96. The van der Waals surface area contributed by atoms with Gasteiger partial charge in [0.25, 0.3) is 0 Å². The molecule has 0 bridgehead atoms. The second kappa shape index (κ2) is 5.63. The Hall–Kier alpha value is -0.620. The van der Waals surface area contributed by atoms with E-state index in [9.17, 15) is 8.42 Å². The lowest BCUT2D eigenvalue weighted by Gasteiger charge is -2.07. The number of aryl methyl sites for hydroxylation is 1. The van der Waals surface area contributed by atoms with Crippen LogP contribution in [0.5, 0.6) is 0 Å². The summed E-state index contributed by atoms with van der Waals surface area (Å²) in [5.74, 6) is 1.01. The van der Waals surface area contributed by atoms with Crippen molar-refractivity contribution in [3.63, 3.8) is 0 Å². The number of nitrogens with zero attached hydrogens (tertiary/aromatic N) is 1. The molecule has 1 aromatic heterocycles. The van der Waals surface area contributed by atoms with E-state index in [1.165, 1.54) is 6.26 Å². The summed E-state index contributed by atoms with van der Waals surface area (Å²) >= 11 is 3.33. The van der Waals surface area contributed by atoms with Gasteiger partial charge < -0.3 is 5.32 Å². The fourth-order valence-electron chi connectivity index (χ4n) is 1.27. The lowest BCUT2D eigenvalue weighted by atomic mass is 10.3. The lowest BCUT2D eigenvalue weighted by Crippen LogP contribution is -2.11. The van der Waals surface area contributed by atoms with Gasteiger partial charge in [-0.05, 0) is 40.9 Å². The van der Waals surface area contributed by atoms with Gasteiger partial charge in [0.1, 0.15) is 15.7 Å². The molecule has 0 radical (unpaired) electrons. The van der Waals surface area contributed by atoms with Crippen LogP contribution in [0.2, 0.25) is 0 Å². The molecule has 0 aromatic carbocycles. The number of aromatic nitrogens is 1. The van der Waals surface area contributed by atoms with Gasteiger partial charge in [0.05, 0.1) is 5.75 Å². The van der Waals surface area contributed by atoms with Gasteiger partial charge in [-0.1, -0.05) is 0 Å². The van der Waals surface area contributed by atoms with Crippen molar-refractivity contribution in [1.29, 1.82) is 0 Å². The molecule has 0 amide bonds. The second-order valence-corrected chi connectivity index (χ2v) is 6.90. The zero-order chi connectivity index (χ0) is 12.2. The maximum absolute atomic E-state index is 10.9. The first-order valence-electron chi connectivity index (χ1n) is 4.92. The molecule has 0 saturated carbocycles. The summed E-state index contributed by atoms with van der Waals surface area (Å²) in [5, 5.41) is 3.12. The molecule has 90 valence electrons. The van der Waals surface area contributed by atoms with E-state index in [1.807, 2.05) is 13.0 Å². The summed E-state index contributed by atoms with van der Waals surface area (Å²) in [5.41, 5.74) is 1.04.